The molecule has 1 heterocycles. The molecule has 26 heavy (non-hydrogen) atoms. The van der Waals surface area contributed by atoms with E-state index in [0.29, 0.717) is 23.5 Å². The molecule has 0 unspecified atom stereocenters. The van der Waals surface area contributed by atoms with Gasteiger partial charge in [0.15, 0.2) is 0 Å². The highest BCUT2D eigenvalue weighted by Gasteiger charge is 2.26. The first-order valence-electron chi connectivity index (χ1n) is 10.0. The first-order valence-corrected chi connectivity index (χ1v) is 10.0. The lowest BCUT2D eigenvalue weighted by Crippen LogP contribution is -2.20. The summed E-state index contributed by atoms with van der Waals surface area (Å²) in [4.78, 5) is 21.0. The standard InChI is InChI=1S/C23H30N2O/c1-4-5-22(26)20-12-10-18(11-13-20)17-6-8-19(9-7-17)21-14-24-23(16(2)3)25-15-21/h6-9,14-16,18,20H,4-5,10-13H2,1-3H3. The van der Waals surface area contributed by atoms with E-state index < -0.39 is 0 Å². The minimum Gasteiger partial charge on any atom is -0.299 e. The van der Waals surface area contributed by atoms with E-state index in [2.05, 4.69) is 55.0 Å². The highest BCUT2D eigenvalue weighted by atomic mass is 16.1. The molecular weight excluding hydrogens is 320 g/mol. The number of rotatable bonds is 6. The minimum absolute atomic E-state index is 0.307. The molecule has 0 saturated heterocycles. The van der Waals surface area contributed by atoms with Crippen LogP contribution in [-0.2, 0) is 4.79 Å². The number of hydrogen-bond acceptors (Lipinski definition) is 3. The number of benzene rings is 1. The highest BCUT2D eigenvalue weighted by molar-refractivity contribution is 5.81. The zero-order valence-corrected chi connectivity index (χ0v) is 16.2. The maximum Gasteiger partial charge on any atom is 0.135 e. The second kappa shape index (κ2) is 8.57. The minimum atomic E-state index is 0.307. The molecule has 1 saturated carbocycles. The molecule has 0 N–H and O–H groups in total. The monoisotopic (exact) mass is 350 g/mol. The lowest BCUT2D eigenvalue weighted by molar-refractivity contribution is -0.123. The van der Waals surface area contributed by atoms with Crippen molar-refractivity contribution in [1.29, 1.82) is 0 Å². The normalized spacial score (nSPS) is 20.3. The fraction of sp³-hybridized carbons (Fsp3) is 0.522. The Morgan fingerprint density at radius 3 is 2.15 bits per heavy atom. The van der Waals surface area contributed by atoms with Gasteiger partial charge in [0.25, 0.3) is 0 Å². The van der Waals surface area contributed by atoms with Crippen molar-refractivity contribution < 1.29 is 4.79 Å². The summed E-state index contributed by atoms with van der Waals surface area (Å²) in [5, 5.41) is 0. The largest absolute Gasteiger partial charge is 0.299 e. The number of Topliss-reactive ketones (excluding diaryl/α,β-unsaturated/α-hetero) is 1. The molecule has 3 nitrogen and oxygen atoms in total. The molecule has 1 aromatic carbocycles. The molecule has 2 aromatic rings. The average Bonchev–Trinajstić information content (AvgIpc) is 2.68. The van der Waals surface area contributed by atoms with Crippen LogP contribution < -0.4 is 0 Å². The summed E-state index contributed by atoms with van der Waals surface area (Å²) in [6, 6.07) is 8.84. The molecule has 3 rings (SSSR count). The lowest BCUT2D eigenvalue weighted by atomic mass is 9.76. The summed E-state index contributed by atoms with van der Waals surface area (Å²) in [7, 11) is 0. The number of nitrogens with zero attached hydrogens (tertiary/aromatic N) is 2. The molecule has 1 aliphatic carbocycles. The zero-order valence-electron chi connectivity index (χ0n) is 16.2. The van der Waals surface area contributed by atoms with Gasteiger partial charge in [-0.1, -0.05) is 45.0 Å². The van der Waals surface area contributed by atoms with E-state index in [1.807, 2.05) is 12.4 Å². The summed E-state index contributed by atoms with van der Waals surface area (Å²) in [5.41, 5.74) is 3.63. The van der Waals surface area contributed by atoms with Crippen LogP contribution in [0.3, 0.4) is 0 Å². The van der Waals surface area contributed by atoms with E-state index in [-0.39, 0.29) is 0 Å². The van der Waals surface area contributed by atoms with Crippen LogP contribution in [0.1, 0.15) is 82.5 Å². The SMILES string of the molecule is CCCC(=O)C1CCC(c2ccc(-c3cnc(C(C)C)nc3)cc2)CC1. The molecule has 0 spiro atoms. The van der Waals surface area contributed by atoms with Gasteiger partial charge in [-0.15, -0.1) is 0 Å². The molecule has 0 bridgehead atoms. The van der Waals surface area contributed by atoms with E-state index >= 15 is 0 Å². The molecule has 0 amide bonds. The summed E-state index contributed by atoms with van der Waals surface area (Å²) in [6.07, 6.45) is 9.93. The molecule has 3 heteroatoms. The van der Waals surface area contributed by atoms with Crippen molar-refractivity contribution in [2.45, 2.75) is 71.1 Å². The van der Waals surface area contributed by atoms with Crippen molar-refractivity contribution in [3.05, 3.63) is 48.0 Å². The van der Waals surface area contributed by atoms with Crippen molar-refractivity contribution in [3.8, 4) is 11.1 Å². The smallest absolute Gasteiger partial charge is 0.135 e. The first-order chi connectivity index (χ1) is 12.6. The Hall–Kier alpha value is -2.03. The van der Waals surface area contributed by atoms with Gasteiger partial charge >= 0.3 is 0 Å². The van der Waals surface area contributed by atoms with Crippen molar-refractivity contribution >= 4 is 5.78 Å². The van der Waals surface area contributed by atoms with E-state index in [9.17, 15) is 4.79 Å². The Balaban J connectivity index is 1.62. The maximum atomic E-state index is 12.1. The van der Waals surface area contributed by atoms with E-state index in [0.717, 1.165) is 55.5 Å². The molecule has 138 valence electrons. The molecule has 0 atom stereocenters. The molecule has 0 aliphatic heterocycles. The Morgan fingerprint density at radius 2 is 1.62 bits per heavy atom. The van der Waals surface area contributed by atoms with Gasteiger partial charge in [-0.2, -0.15) is 0 Å². The third-order valence-electron chi connectivity index (χ3n) is 5.58. The topological polar surface area (TPSA) is 42.9 Å². The van der Waals surface area contributed by atoms with Gasteiger partial charge in [0.05, 0.1) is 0 Å². The second-order valence-corrected chi connectivity index (χ2v) is 7.87. The molecular formula is C23H30N2O. The number of hydrogen-bond donors (Lipinski definition) is 0. The van der Waals surface area contributed by atoms with Crippen LogP contribution >= 0.6 is 0 Å². The van der Waals surface area contributed by atoms with E-state index in [1.165, 1.54) is 5.56 Å². The third-order valence-corrected chi connectivity index (χ3v) is 5.58. The van der Waals surface area contributed by atoms with Gasteiger partial charge in [0, 0.05) is 36.2 Å². The van der Waals surface area contributed by atoms with Crippen molar-refractivity contribution in [1.82, 2.24) is 9.97 Å². The molecule has 0 radical (unpaired) electrons. The number of carbonyl (C=O) groups excluding carboxylic acids is 1. The van der Waals surface area contributed by atoms with E-state index in [4.69, 9.17) is 0 Å². The van der Waals surface area contributed by atoms with E-state index in [1.54, 1.807) is 0 Å². The quantitative estimate of drug-likeness (QED) is 0.650. The van der Waals surface area contributed by atoms with Crippen molar-refractivity contribution in [3.63, 3.8) is 0 Å². The van der Waals surface area contributed by atoms with Gasteiger partial charge in [0.2, 0.25) is 0 Å². The van der Waals surface area contributed by atoms with Gasteiger partial charge in [-0.25, -0.2) is 9.97 Å². The lowest BCUT2D eigenvalue weighted by Gasteiger charge is -2.28. The maximum absolute atomic E-state index is 12.1. The summed E-state index contributed by atoms with van der Waals surface area (Å²) in [5.74, 6) is 2.62. The molecule has 1 aromatic heterocycles. The Kier molecular flexibility index (Phi) is 6.18. The van der Waals surface area contributed by atoms with Crippen LogP contribution in [0.5, 0.6) is 0 Å². The van der Waals surface area contributed by atoms with Crippen molar-refractivity contribution in [2.75, 3.05) is 0 Å². The average molecular weight is 351 g/mol. The van der Waals surface area contributed by atoms with Crippen LogP contribution in [-0.4, -0.2) is 15.8 Å². The number of ketones is 1. The fourth-order valence-electron chi connectivity index (χ4n) is 3.93. The van der Waals surface area contributed by atoms with Crippen LogP contribution in [0.15, 0.2) is 36.7 Å². The van der Waals surface area contributed by atoms with Crippen molar-refractivity contribution in [2.24, 2.45) is 5.92 Å². The number of aromatic nitrogens is 2. The molecule has 1 fully saturated rings. The zero-order chi connectivity index (χ0) is 18.5. The number of carbonyl (C=O) groups is 1. The van der Waals surface area contributed by atoms with Crippen LogP contribution in [0, 0.1) is 5.92 Å². The predicted molar refractivity (Wildman–Crippen MR) is 106 cm³/mol. The van der Waals surface area contributed by atoms with Gasteiger partial charge in [0.1, 0.15) is 11.6 Å². The Bertz CT molecular complexity index is 711. The fourth-order valence-corrected chi connectivity index (χ4v) is 3.93. The van der Waals surface area contributed by atoms with Crippen LogP contribution in [0.25, 0.3) is 11.1 Å². The second-order valence-electron chi connectivity index (χ2n) is 7.87. The van der Waals surface area contributed by atoms with Gasteiger partial charge in [-0.05, 0) is 49.1 Å². The first kappa shape index (κ1) is 18.8. The van der Waals surface area contributed by atoms with Gasteiger partial charge in [-0.3, -0.25) is 4.79 Å². The van der Waals surface area contributed by atoms with Gasteiger partial charge < -0.3 is 0 Å². The predicted octanol–water partition coefficient (Wildman–Crippen LogP) is 5.91. The Morgan fingerprint density at radius 1 is 1.00 bits per heavy atom. The third kappa shape index (κ3) is 4.38. The Labute approximate surface area is 157 Å². The van der Waals surface area contributed by atoms with Crippen LogP contribution in [0.4, 0.5) is 0 Å². The molecule has 1 aliphatic rings. The highest BCUT2D eigenvalue weighted by Crippen LogP contribution is 2.37. The summed E-state index contributed by atoms with van der Waals surface area (Å²) < 4.78 is 0. The summed E-state index contributed by atoms with van der Waals surface area (Å²) in [6.45, 7) is 6.30. The summed E-state index contributed by atoms with van der Waals surface area (Å²) >= 11 is 0. The van der Waals surface area contributed by atoms with Crippen LogP contribution in [0.2, 0.25) is 0 Å².